The molecule has 0 aliphatic heterocycles. The van der Waals surface area contributed by atoms with Gasteiger partial charge in [-0.3, -0.25) is 4.98 Å². The molecule has 6 heteroatoms. The van der Waals surface area contributed by atoms with Crippen LogP contribution >= 0.6 is 11.3 Å². The number of anilines is 2. The van der Waals surface area contributed by atoms with Crippen LogP contribution in [0.3, 0.4) is 0 Å². The molecule has 2 N–H and O–H groups in total. The van der Waals surface area contributed by atoms with Crippen molar-refractivity contribution in [3.63, 3.8) is 0 Å². The molecule has 0 unspecified atom stereocenters. The van der Waals surface area contributed by atoms with Crippen LogP contribution in [-0.4, -0.2) is 28.5 Å². The maximum absolute atomic E-state index is 4.38. The van der Waals surface area contributed by atoms with Crippen molar-refractivity contribution in [1.82, 2.24) is 15.0 Å². The number of hydrogen-bond acceptors (Lipinski definition) is 6. The topological polar surface area (TPSA) is 62.7 Å². The van der Waals surface area contributed by atoms with Gasteiger partial charge < -0.3 is 10.6 Å². The number of rotatable bonds is 6. The molecule has 18 heavy (non-hydrogen) atoms. The molecule has 0 aromatic carbocycles. The molecule has 0 aliphatic rings. The second kappa shape index (κ2) is 6.30. The van der Waals surface area contributed by atoms with Gasteiger partial charge in [-0.15, -0.1) is 11.3 Å². The Hall–Kier alpha value is -1.69. The zero-order valence-corrected chi connectivity index (χ0v) is 11.4. The number of nitrogens with one attached hydrogen (secondary N) is 2. The van der Waals surface area contributed by atoms with Crippen molar-refractivity contribution in [2.45, 2.75) is 19.8 Å². The molecule has 0 atom stereocenters. The second-order valence-electron chi connectivity index (χ2n) is 3.81. The van der Waals surface area contributed by atoms with E-state index in [0.717, 1.165) is 36.0 Å². The van der Waals surface area contributed by atoms with Gasteiger partial charge in [-0.2, -0.15) is 0 Å². The highest BCUT2D eigenvalue weighted by Gasteiger charge is 2.02. The largest absolute Gasteiger partial charge is 0.369 e. The van der Waals surface area contributed by atoms with Crippen LogP contribution in [0, 0.1) is 0 Å². The van der Waals surface area contributed by atoms with E-state index in [1.807, 2.05) is 26.4 Å². The van der Waals surface area contributed by atoms with Crippen molar-refractivity contribution in [3.8, 4) is 0 Å². The Labute approximate surface area is 111 Å². The predicted molar refractivity (Wildman–Crippen MR) is 75.3 cm³/mol. The lowest BCUT2D eigenvalue weighted by molar-refractivity contribution is 0.908. The van der Waals surface area contributed by atoms with Gasteiger partial charge in [0.2, 0.25) is 0 Å². The average Bonchev–Trinajstić information content (AvgIpc) is 2.86. The van der Waals surface area contributed by atoms with Crippen molar-refractivity contribution in [3.05, 3.63) is 29.2 Å². The Kier molecular flexibility index (Phi) is 4.46. The molecular weight excluding hydrogens is 246 g/mol. The molecule has 0 aliphatic carbocycles. The van der Waals surface area contributed by atoms with Crippen molar-refractivity contribution < 1.29 is 0 Å². The van der Waals surface area contributed by atoms with Crippen LogP contribution in [0.4, 0.5) is 10.9 Å². The highest BCUT2D eigenvalue weighted by atomic mass is 32.1. The smallest absolute Gasteiger partial charge is 0.182 e. The van der Waals surface area contributed by atoms with Crippen molar-refractivity contribution in [1.29, 1.82) is 0 Å². The third-order valence-corrected chi connectivity index (χ3v) is 3.53. The molecule has 0 saturated carbocycles. The van der Waals surface area contributed by atoms with Gasteiger partial charge in [0.05, 0.1) is 18.1 Å². The summed E-state index contributed by atoms with van der Waals surface area (Å²) >= 11 is 1.68. The standard InChI is InChI=1S/C12H17N5S/c1-3-14-11-8-15-9(6-16-11)4-5-10-7-17-12(13-2)18-10/h6-8H,3-5H2,1-2H3,(H,13,17)(H,14,16). The van der Waals surface area contributed by atoms with Gasteiger partial charge in [-0.1, -0.05) is 0 Å². The van der Waals surface area contributed by atoms with E-state index in [-0.39, 0.29) is 0 Å². The fraction of sp³-hybridized carbons (Fsp3) is 0.417. The predicted octanol–water partition coefficient (Wildman–Crippen LogP) is 2.19. The molecule has 0 amide bonds. The van der Waals surface area contributed by atoms with Crippen molar-refractivity contribution in [2.24, 2.45) is 0 Å². The third-order valence-electron chi connectivity index (χ3n) is 2.46. The van der Waals surface area contributed by atoms with Crippen LogP contribution in [-0.2, 0) is 12.8 Å². The Balaban J connectivity index is 1.89. The van der Waals surface area contributed by atoms with E-state index in [0.29, 0.717) is 0 Å². The first-order chi connectivity index (χ1) is 8.81. The summed E-state index contributed by atoms with van der Waals surface area (Å²) in [7, 11) is 1.88. The van der Waals surface area contributed by atoms with Crippen molar-refractivity contribution >= 4 is 22.3 Å². The monoisotopic (exact) mass is 263 g/mol. The van der Waals surface area contributed by atoms with E-state index in [9.17, 15) is 0 Å². The lowest BCUT2D eigenvalue weighted by Crippen LogP contribution is -2.01. The van der Waals surface area contributed by atoms with Gasteiger partial charge in [-0.25, -0.2) is 9.97 Å². The summed E-state index contributed by atoms with van der Waals surface area (Å²) in [5.41, 5.74) is 1.01. The lowest BCUT2D eigenvalue weighted by atomic mass is 10.2. The first-order valence-corrected chi connectivity index (χ1v) is 6.80. The Morgan fingerprint density at radius 3 is 2.61 bits per heavy atom. The SMILES string of the molecule is CCNc1cnc(CCc2cnc(NC)s2)cn1. The van der Waals surface area contributed by atoms with Crippen LogP contribution in [0.5, 0.6) is 0 Å². The first kappa shape index (κ1) is 12.8. The van der Waals surface area contributed by atoms with Crippen LogP contribution in [0.25, 0.3) is 0 Å². The molecule has 2 heterocycles. The van der Waals surface area contributed by atoms with E-state index in [1.54, 1.807) is 17.5 Å². The summed E-state index contributed by atoms with van der Waals surface area (Å²) in [5.74, 6) is 0.830. The first-order valence-electron chi connectivity index (χ1n) is 5.99. The summed E-state index contributed by atoms with van der Waals surface area (Å²) in [6, 6.07) is 0. The Morgan fingerprint density at radius 2 is 2.00 bits per heavy atom. The molecule has 5 nitrogen and oxygen atoms in total. The number of thiazole rings is 1. The molecule has 96 valence electrons. The van der Waals surface area contributed by atoms with E-state index in [1.165, 1.54) is 4.88 Å². The summed E-state index contributed by atoms with van der Waals surface area (Å²) in [6.07, 6.45) is 7.37. The molecule has 0 bridgehead atoms. The minimum Gasteiger partial charge on any atom is -0.369 e. The van der Waals surface area contributed by atoms with Gasteiger partial charge in [0.15, 0.2) is 5.13 Å². The van der Waals surface area contributed by atoms with Crippen LogP contribution < -0.4 is 10.6 Å². The van der Waals surface area contributed by atoms with Crippen LogP contribution in [0.2, 0.25) is 0 Å². The maximum atomic E-state index is 4.38. The van der Waals surface area contributed by atoms with E-state index in [2.05, 4.69) is 25.6 Å². The molecule has 0 saturated heterocycles. The van der Waals surface area contributed by atoms with Gasteiger partial charge >= 0.3 is 0 Å². The Bertz CT molecular complexity index is 479. The summed E-state index contributed by atoms with van der Waals surface area (Å²) in [4.78, 5) is 14.2. The summed E-state index contributed by atoms with van der Waals surface area (Å²) in [5, 5.41) is 7.12. The summed E-state index contributed by atoms with van der Waals surface area (Å²) < 4.78 is 0. The quantitative estimate of drug-likeness (QED) is 0.836. The van der Waals surface area contributed by atoms with Crippen molar-refractivity contribution in [2.75, 3.05) is 24.2 Å². The number of nitrogens with zero attached hydrogens (tertiary/aromatic N) is 3. The van der Waals surface area contributed by atoms with Gasteiger partial charge in [-0.05, 0) is 19.8 Å². The molecule has 0 spiro atoms. The maximum Gasteiger partial charge on any atom is 0.182 e. The molecule has 2 aromatic rings. The molecule has 0 radical (unpaired) electrons. The van der Waals surface area contributed by atoms with Crippen LogP contribution in [0.15, 0.2) is 18.6 Å². The second-order valence-corrected chi connectivity index (χ2v) is 4.92. The highest BCUT2D eigenvalue weighted by molar-refractivity contribution is 7.15. The van der Waals surface area contributed by atoms with Gasteiger partial charge in [0.1, 0.15) is 5.82 Å². The summed E-state index contributed by atoms with van der Waals surface area (Å²) in [6.45, 7) is 2.90. The van der Waals surface area contributed by atoms with E-state index >= 15 is 0 Å². The number of hydrogen-bond donors (Lipinski definition) is 2. The van der Waals surface area contributed by atoms with Gasteiger partial charge in [0.25, 0.3) is 0 Å². The molecule has 2 rings (SSSR count). The fourth-order valence-electron chi connectivity index (χ4n) is 1.55. The normalized spacial score (nSPS) is 10.3. The fourth-order valence-corrected chi connectivity index (χ4v) is 2.31. The molecule has 0 fully saturated rings. The molecule has 2 aromatic heterocycles. The average molecular weight is 263 g/mol. The Morgan fingerprint density at radius 1 is 1.11 bits per heavy atom. The minimum atomic E-state index is 0.830. The van der Waals surface area contributed by atoms with E-state index in [4.69, 9.17) is 0 Å². The van der Waals surface area contributed by atoms with Crippen LogP contribution in [0.1, 0.15) is 17.5 Å². The zero-order chi connectivity index (χ0) is 12.8. The lowest BCUT2D eigenvalue weighted by Gasteiger charge is -2.02. The number of aryl methyl sites for hydroxylation is 2. The zero-order valence-electron chi connectivity index (χ0n) is 10.6. The van der Waals surface area contributed by atoms with Gasteiger partial charge in [0, 0.05) is 24.7 Å². The highest BCUT2D eigenvalue weighted by Crippen LogP contribution is 2.18. The van der Waals surface area contributed by atoms with E-state index < -0.39 is 0 Å². The third kappa shape index (κ3) is 3.40. The molecular formula is C12H17N5S. The minimum absolute atomic E-state index is 0.830. The number of aromatic nitrogens is 3.